The fourth-order valence-corrected chi connectivity index (χ4v) is 3.73. The van der Waals surface area contributed by atoms with Gasteiger partial charge in [-0.15, -0.1) is 0 Å². The summed E-state index contributed by atoms with van der Waals surface area (Å²) in [5, 5.41) is 2.70. The number of carbonyl (C=O) groups is 1. The van der Waals surface area contributed by atoms with Crippen molar-refractivity contribution in [3.05, 3.63) is 53.5 Å². The lowest BCUT2D eigenvalue weighted by atomic mass is 10.1. The highest BCUT2D eigenvalue weighted by Crippen LogP contribution is 2.16. The second kappa shape index (κ2) is 7.84. The van der Waals surface area contributed by atoms with Crippen LogP contribution in [-0.2, 0) is 21.4 Å². The molecule has 1 amide bonds. The van der Waals surface area contributed by atoms with E-state index in [1.165, 1.54) is 6.26 Å². The standard InChI is InChI=1S/C18H24N2O4S/c1-12(2)17(18(21)19-11-15-6-5-9-24-15)20-25(22,23)16-8-7-13(3)14(4)10-16/h5-10,12,17,20H,11H2,1-4H3,(H,19,21)/t17-/m1/s1. The SMILES string of the molecule is Cc1ccc(S(=O)(=O)N[C@@H](C(=O)NCc2ccco2)C(C)C)cc1C. The van der Waals surface area contributed by atoms with Crippen molar-refractivity contribution in [3.63, 3.8) is 0 Å². The number of nitrogens with one attached hydrogen (secondary N) is 2. The number of rotatable bonds is 7. The molecule has 0 aliphatic carbocycles. The van der Waals surface area contributed by atoms with E-state index in [0.29, 0.717) is 5.76 Å². The van der Waals surface area contributed by atoms with Crippen LogP contribution in [-0.4, -0.2) is 20.4 Å². The first-order valence-electron chi connectivity index (χ1n) is 8.10. The minimum Gasteiger partial charge on any atom is -0.467 e. The normalized spacial score (nSPS) is 13.0. The van der Waals surface area contributed by atoms with E-state index in [9.17, 15) is 13.2 Å². The predicted octanol–water partition coefficient (Wildman–Crippen LogP) is 2.52. The second-order valence-electron chi connectivity index (χ2n) is 6.39. The molecule has 1 atom stereocenters. The topological polar surface area (TPSA) is 88.4 Å². The molecule has 0 radical (unpaired) electrons. The minimum atomic E-state index is -3.80. The number of hydrogen-bond donors (Lipinski definition) is 2. The van der Waals surface area contributed by atoms with Crippen LogP contribution >= 0.6 is 0 Å². The van der Waals surface area contributed by atoms with Gasteiger partial charge in [-0.2, -0.15) is 4.72 Å². The van der Waals surface area contributed by atoms with Crippen LogP contribution in [0.4, 0.5) is 0 Å². The van der Waals surface area contributed by atoms with E-state index in [1.54, 1.807) is 44.2 Å². The van der Waals surface area contributed by atoms with Crippen LogP contribution in [0.2, 0.25) is 0 Å². The average Bonchev–Trinajstić information content (AvgIpc) is 3.06. The zero-order valence-electron chi connectivity index (χ0n) is 14.9. The molecule has 0 aliphatic heterocycles. The van der Waals surface area contributed by atoms with E-state index < -0.39 is 16.1 Å². The summed E-state index contributed by atoms with van der Waals surface area (Å²) in [5.41, 5.74) is 1.89. The number of aryl methyl sites for hydroxylation is 2. The maximum absolute atomic E-state index is 12.6. The lowest BCUT2D eigenvalue weighted by Gasteiger charge is -2.21. The molecule has 0 bridgehead atoms. The molecule has 7 heteroatoms. The Morgan fingerprint density at radius 2 is 1.88 bits per heavy atom. The first-order chi connectivity index (χ1) is 11.7. The molecule has 1 heterocycles. The van der Waals surface area contributed by atoms with Gasteiger partial charge in [0, 0.05) is 0 Å². The summed E-state index contributed by atoms with van der Waals surface area (Å²) in [6, 6.07) is 7.50. The van der Waals surface area contributed by atoms with Crippen molar-refractivity contribution < 1.29 is 17.6 Å². The quantitative estimate of drug-likeness (QED) is 0.790. The average molecular weight is 364 g/mol. The highest BCUT2D eigenvalue weighted by Gasteiger charge is 2.28. The van der Waals surface area contributed by atoms with Gasteiger partial charge in [-0.25, -0.2) is 8.42 Å². The summed E-state index contributed by atoms with van der Waals surface area (Å²) in [4.78, 5) is 12.6. The van der Waals surface area contributed by atoms with Crippen molar-refractivity contribution in [3.8, 4) is 0 Å². The Balaban J connectivity index is 2.13. The van der Waals surface area contributed by atoms with Gasteiger partial charge in [0.25, 0.3) is 0 Å². The Kier molecular flexibility index (Phi) is 6.02. The van der Waals surface area contributed by atoms with Crippen LogP contribution < -0.4 is 10.0 Å². The fourth-order valence-electron chi connectivity index (χ4n) is 2.31. The summed E-state index contributed by atoms with van der Waals surface area (Å²) in [7, 11) is -3.80. The van der Waals surface area contributed by atoms with E-state index in [-0.39, 0.29) is 23.3 Å². The van der Waals surface area contributed by atoms with Crippen molar-refractivity contribution in [2.75, 3.05) is 0 Å². The van der Waals surface area contributed by atoms with E-state index in [1.807, 2.05) is 13.8 Å². The van der Waals surface area contributed by atoms with Crippen molar-refractivity contribution in [1.82, 2.24) is 10.0 Å². The molecule has 0 saturated heterocycles. The molecular formula is C18H24N2O4S. The maximum Gasteiger partial charge on any atom is 0.241 e. The van der Waals surface area contributed by atoms with Crippen molar-refractivity contribution in [1.29, 1.82) is 0 Å². The fraction of sp³-hybridized carbons (Fsp3) is 0.389. The summed E-state index contributed by atoms with van der Waals surface area (Å²) in [6.45, 7) is 7.56. The van der Waals surface area contributed by atoms with Gasteiger partial charge < -0.3 is 9.73 Å². The third kappa shape index (κ3) is 4.93. The van der Waals surface area contributed by atoms with Gasteiger partial charge >= 0.3 is 0 Å². The molecule has 0 aliphatic rings. The lowest BCUT2D eigenvalue weighted by molar-refractivity contribution is -0.123. The number of benzene rings is 1. The summed E-state index contributed by atoms with van der Waals surface area (Å²) < 4.78 is 33.0. The van der Waals surface area contributed by atoms with E-state index in [2.05, 4.69) is 10.0 Å². The number of carbonyl (C=O) groups excluding carboxylic acids is 1. The molecule has 25 heavy (non-hydrogen) atoms. The Morgan fingerprint density at radius 1 is 1.16 bits per heavy atom. The van der Waals surface area contributed by atoms with Crippen LogP contribution in [0.15, 0.2) is 45.9 Å². The van der Waals surface area contributed by atoms with E-state index in [0.717, 1.165) is 11.1 Å². The molecule has 0 fully saturated rings. The zero-order chi connectivity index (χ0) is 18.6. The zero-order valence-corrected chi connectivity index (χ0v) is 15.7. The monoisotopic (exact) mass is 364 g/mol. The predicted molar refractivity (Wildman–Crippen MR) is 95.4 cm³/mol. The minimum absolute atomic E-state index is 0.153. The molecule has 1 aromatic heterocycles. The Bertz CT molecular complexity index is 827. The highest BCUT2D eigenvalue weighted by molar-refractivity contribution is 7.89. The van der Waals surface area contributed by atoms with Crippen molar-refractivity contribution in [2.45, 2.75) is 45.2 Å². The third-order valence-electron chi connectivity index (χ3n) is 4.04. The van der Waals surface area contributed by atoms with Gasteiger partial charge in [0.05, 0.1) is 17.7 Å². The number of hydrogen-bond acceptors (Lipinski definition) is 4. The van der Waals surface area contributed by atoms with Crippen LogP contribution in [0.3, 0.4) is 0 Å². The van der Waals surface area contributed by atoms with Crippen LogP contribution in [0.1, 0.15) is 30.7 Å². The summed E-state index contributed by atoms with van der Waals surface area (Å²) >= 11 is 0. The summed E-state index contributed by atoms with van der Waals surface area (Å²) in [6.07, 6.45) is 1.52. The molecule has 1 aromatic carbocycles. The van der Waals surface area contributed by atoms with Crippen molar-refractivity contribution >= 4 is 15.9 Å². The van der Waals surface area contributed by atoms with Gasteiger partial charge in [0.15, 0.2) is 0 Å². The molecule has 6 nitrogen and oxygen atoms in total. The Morgan fingerprint density at radius 3 is 2.44 bits per heavy atom. The molecular weight excluding hydrogens is 340 g/mol. The number of sulfonamides is 1. The third-order valence-corrected chi connectivity index (χ3v) is 5.48. The van der Waals surface area contributed by atoms with Crippen LogP contribution in [0, 0.1) is 19.8 Å². The Labute approximate surface area is 148 Å². The molecule has 0 spiro atoms. The number of amides is 1. The van der Waals surface area contributed by atoms with E-state index >= 15 is 0 Å². The van der Waals surface area contributed by atoms with Gasteiger partial charge in [0.2, 0.25) is 15.9 Å². The molecule has 136 valence electrons. The van der Waals surface area contributed by atoms with Crippen LogP contribution in [0.25, 0.3) is 0 Å². The largest absolute Gasteiger partial charge is 0.467 e. The van der Waals surface area contributed by atoms with Gasteiger partial charge in [-0.05, 0) is 55.2 Å². The smallest absolute Gasteiger partial charge is 0.241 e. The van der Waals surface area contributed by atoms with Gasteiger partial charge in [-0.1, -0.05) is 19.9 Å². The highest BCUT2D eigenvalue weighted by atomic mass is 32.2. The Hall–Kier alpha value is -2.12. The molecule has 2 aromatic rings. The van der Waals surface area contributed by atoms with Gasteiger partial charge in [0.1, 0.15) is 11.8 Å². The molecule has 0 saturated carbocycles. The maximum atomic E-state index is 12.6. The van der Waals surface area contributed by atoms with Crippen LogP contribution in [0.5, 0.6) is 0 Å². The number of furan rings is 1. The summed E-state index contributed by atoms with van der Waals surface area (Å²) in [5.74, 6) is 0.00426. The van der Waals surface area contributed by atoms with Crippen molar-refractivity contribution in [2.24, 2.45) is 5.92 Å². The lowest BCUT2D eigenvalue weighted by Crippen LogP contribution is -2.49. The second-order valence-corrected chi connectivity index (χ2v) is 8.10. The first-order valence-corrected chi connectivity index (χ1v) is 9.58. The molecule has 2 N–H and O–H groups in total. The first kappa shape index (κ1) is 19.2. The molecule has 0 unspecified atom stereocenters. The molecule has 2 rings (SSSR count). The van der Waals surface area contributed by atoms with Gasteiger partial charge in [-0.3, -0.25) is 4.79 Å². The van der Waals surface area contributed by atoms with E-state index in [4.69, 9.17) is 4.42 Å².